The molecule has 0 bridgehead atoms. The van der Waals surface area contributed by atoms with E-state index in [1.807, 2.05) is 58.0 Å². The van der Waals surface area contributed by atoms with Crippen LogP contribution in [-0.2, 0) is 4.79 Å². The van der Waals surface area contributed by atoms with Crippen molar-refractivity contribution in [1.82, 2.24) is 20.2 Å². The summed E-state index contributed by atoms with van der Waals surface area (Å²) in [4.78, 5) is 13.2. The van der Waals surface area contributed by atoms with Crippen molar-refractivity contribution in [2.24, 2.45) is 0 Å². The Morgan fingerprint density at radius 3 is 2.70 bits per heavy atom. The summed E-state index contributed by atoms with van der Waals surface area (Å²) in [6.07, 6.45) is 0. The van der Waals surface area contributed by atoms with Crippen LogP contribution in [0, 0.1) is 20.8 Å². The minimum atomic E-state index is -0.546. The largest absolute Gasteiger partial charge is 0.464 e. The van der Waals surface area contributed by atoms with E-state index in [4.69, 9.17) is 4.42 Å². The number of furan rings is 1. The molecule has 3 aromatic rings. The number of aryl methyl sites for hydroxylation is 3. The number of tetrazole rings is 1. The molecular formula is C19H20N6O2. The molecule has 0 saturated heterocycles. The van der Waals surface area contributed by atoms with Crippen LogP contribution >= 0.6 is 0 Å². The van der Waals surface area contributed by atoms with E-state index in [-0.39, 0.29) is 5.91 Å². The fourth-order valence-electron chi connectivity index (χ4n) is 3.31. The first-order valence-corrected chi connectivity index (χ1v) is 8.64. The van der Waals surface area contributed by atoms with Crippen molar-refractivity contribution in [2.75, 3.05) is 10.6 Å². The predicted molar refractivity (Wildman–Crippen MR) is 100 cm³/mol. The number of anilines is 2. The Morgan fingerprint density at radius 1 is 1.19 bits per heavy atom. The summed E-state index contributed by atoms with van der Waals surface area (Å²) in [6, 6.07) is 9.06. The van der Waals surface area contributed by atoms with Gasteiger partial charge >= 0.3 is 0 Å². The third-order valence-corrected chi connectivity index (χ3v) is 4.62. The zero-order chi connectivity index (χ0) is 19.1. The molecule has 2 N–H and O–H groups in total. The number of carbonyl (C=O) groups excluding carboxylic acids is 1. The van der Waals surface area contributed by atoms with E-state index in [9.17, 15) is 4.79 Å². The number of nitrogens with zero attached hydrogens (tertiary/aromatic N) is 4. The van der Waals surface area contributed by atoms with Crippen LogP contribution < -0.4 is 10.6 Å². The molecule has 0 saturated carbocycles. The summed E-state index contributed by atoms with van der Waals surface area (Å²) in [7, 11) is 0. The Morgan fingerprint density at radius 2 is 2.00 bits per heavy atom. The molecule has 8 nitrogen and oxygen atoms in total. The van der Waals surface area contributed by atoms with E-state index in [2.05, 4.69) is 26.2 Å². The van der Waals surface area contributed by atoms with Gasteiger partial charge in [0.15, 0.2) is 0 Å². The van der Waals surface area contributed by atoms with Crippen LogP contribution in [0.3, 0.4) is 0 Å². The van der Waals surface area contributed by atoms with Gasteiger partial charge in [-0.2, -0.15) is 4.68 Å². The number of hydrogen-bond acceptors (Lipinski definition) is 6. The summed E-state index contributed by atoms with van der Waals surface area (Å²) in [5.74, 6) is 1.60. The minimum absolute atomic E-state index is 0.229. The third-order valence-electron chi connectivity index (χ3n) is 4.62. The monoisotopic (exact) mass is 364 g/mol. The molecule has 1 atom stereocenters. The molecule has 1 aromatic carbocycles. The molecule has 0 spiro atoms. The molecule has 4 rings (SSSR count). The maximum Gasteiger partial charge on any atom is 0.256 e. The Kier molecular flexibility index (Phi) is 4.02. The molecule has 1 aliphatic heterocycles. The summed E-state index contributed by atoms with van der Waals surface area (Å²) >= 11 is 0. The summed E-state index contributed by atoms with van der Waals surface area (Å²) in [5, 5.41) is 17.8. The van der Waals surface area contributed by atoms with E-state index >= 15 is 0 Å². The highest BCUT2D eigenvalue weighted by Crippen LogP contribution is 2.35. The van der Waals surface area contributed by atoms with Crippen molar-refractivity contribution < 1.29 is 9.21 Å². The molecule has 2 aromatic heterocycles. The lowest BCUT2D eigenvalue weighted by Crippen LogP contribution is -2.31. The summed E-state index contributed by atoms with van der Waals surface area (Å²) in [6.45, 7) is 7.68. The van der Waals surface area contributed by atoms with Gasteiger partial charge < -0.3 is 15.1 Å². The SMILES string of the molecule is CC1=C(C(=O)Nc2ccc(C)cc2C)C(c2ccc(C)o2)n2nnnc2N1. The molecule has 1 aliphatic rings. The van der Waals surface area contributed by atoms with Gasteiger partial charge in [0.25, 0.3) is 5.91 Å². The van der Waals surface area contributed by atoms with Crippen LogP contribution in [0.25, 0.3) is 0 Å². The van der Waals surface area contributed by atoms with Crippen LogP contribution in [0.1, 0.15) is 35.6 Å². The highest BCUT2D eigenvalue weighted by molar-refractivity contribution is 6.06. The maximum atomic E-state index is 13.2. The predicted octanol–water partition coefficient (Wildman–Crippen LogP) is 3.12. The van der Waals surface area contributed by atoms with Gasteiger partial charge in [-0.05, 0) is 61.9 Å². The average Bonchev–Trinajstić information content (AvgIpc) is 3.24. The van der Waals surface area contributed by atoms with E-state index in [1.165, 1.54) is 0 Å². The minimum Gasteiger partial charge on any atom is -0.464 e. The summed E-state index contributed by atoms with van der Waals surface area (Å²) in [5.41, 5.74) is 4.09. The highest BCUT2D eigenvalue weighted by Gasteiger charge is 2.36. The number of allylic oxidation sites excluding steroid dienone is 1. The first-order valence-electron chi connectivity index (χ1n) is 8.64. The second-order valence-corrected chi connectivity index (χ2v) is 6.73. The lowest BCUT2D eigenvalue weighted by atomic mass is 9.99. The van der Waals surface area contributed by atoms with Crippen molar-refractivity contribution in [1.29, 1.82) is 0 Å². The molecule has 0 radical (unpaired) electrons. The van der Waals surface area contributed by atoms with Gasteiger partial charge in [-0.15, -0.1) is 0 Å². The van der Waals surface area contributed by atoms with Crippen molar-refractivity contribution in [2.45, 2.75) is 33.7 Å². The van der Waals surface area contributed by atoms with Crippen molar-refractivity contribution >= 4 is 17.5 Å². The second kappa shape index (κ2) is 6.39. The number of benzene rings is 1. The van der Waals surface area contributed by atoms with Crippen molar-refractivity contribution in [3.8, 4) is 0 Å². The zero-order valence-electron chi connectivity index (χ0n) is 15.6. The molecule has 27 heavy (non-hydrogen) atoms. The van der Waals surface area contributed by atoms with Crippen molar-refractivity contribution in [3.05, 3.63) is 64.2 Å². The van der Waals surface area contributed by atoms with E-state index in [0.29, 0.717) is 23.0 Å². The number of amides is 1. The molecule has 1 unspecified atom stereocenters. The standard InChI is InChI=1S/C19H20N6O2/c1-10-5-7-14(11(2)9-10)21-18(26)16-13(4)20-19-22-23-24-25(19)17(16)15-8-6-12(3)27-15/h5-9,17H,1-4H3,(H,21,26)(H,20,22,24). The Bertz CT molecular complexity index is 1060. The molecule has 138 valence electrons. The molecule has 0 fully saturated rings. The van der Waals surface area contributed by atoms with Gasteiger partial charge in [-0.25, -0.2) is 0 Å². The lowest BCUT2D eigenvalue weighted by Gasteiger charge is -2.26. The topological polar surface area (TPSA) is 97.9 Å². The number of fused-ring (bicyclic) bond motifs is 1. The second-order valence-electron chi connectivity index (χ2n) is 6.73. The Hall–Kier alpha value is -3.42. The molecule has 3 heterocycles. The van der Waals surface area contributed by atoms with E-state index in [1.54, 1.807) is 4.68 Å². The maximum absolute atomic E-state index is 13.2. The van der Waals surface area contributed by atoms with Crippen LogP contribution in [0.15, 0.2) is 46.0 Å². The van der Waals surface area contributed by atoms with Crippen molar-refractivity contribution in [3.63, 3.8) is 0 Å². The number of aromatic nitrogens is 4. The van der Waals surface area contributed by atoms with Gasteiger partial charge in [0, 0.05) is 11.4 Å². The average molecular weight is 364 g/mol. The molecule has 0 aliphatic carbocycles. The molecule has 8 heteroatoms. The zero-order valence-corrected chi connectivity index (χ0v) is 15.6. The lowest BCUT2D eigenvalue weighted by molar-refractivity contribution is -0.113. The molecular weight excluding hydrogens is 344 g/mol. The molecule has 1 amide bonds. The van der Waals surface area contributed by atoms with Gasteiger partial charge in [0.2, 0.25) is 5.95 Å². The Labute approximate surface area is 156 Å². The van der Waals surface area contributed by atoms with Gasteiger partial charge in [-0.3, -0.25) is 4.79 Å². The number of carbonyl (C=O) groups is 1. The first-order chi connectivity index (χ1) is 12.9. The van der Waals surface area contributed by atoms with E-state index in [0.717, 1.165) is 22.6 Å². The normalized spacial score (nSPS) is 16.1. The quantitative estimate of drug-likeness (QED) is 0.741. The van der Waals surface area contributed by atoms with Crippen LogP contribution in [0.2, 0.25) is 0 Å². The van der Waals surface area contributed by atoms with Gasteiger partial charge in [0.1, 0.15) is 17.6 Å². The first kappa shape index (κ1) is 17.0. The van der Waals surface area contributed by atoms with E-state index < -0.39 is 6.04 Å². The fourth-order valence-corrected chi connectivity index (χ4v) is 3.31. The van der Waals surface area contributed by atoms with Gasteiger partial charge in [0.05, 0.1) is 5.57 Å². The van der Waals surface area contributed by atoms with Gasteiger partial charge in [-0.1, -0.05) is 22.8 Å². The summed E-state index contributed by atoms with van der Waals surface area (Å²) < 4.78 is 7.37. The highest BCUT2D eigenvalue weighted by atomic mass is 16.3. The Balaban J connectivity index is 1.75. The number of hydrogen-bond donors (Lipinski definition) is 2. The number of rotatable bonds is 3. The smallest absolute Gasteiger partial charge is 0.256 e. The van der Waals surface area contributed by atoms with Crippen LogP contribution in [0.5, 0.6) is 0 Å². The fraction of sp³-hybridized carbons (Fsp3) is 0.263. The number of nitrogens with one attached hydrogen (secondary N) is 2. The van der Waals surface area contributed by atoms with Crippen LogP contribution in [-0.4, -0.2) is 26.1 Å². The third kappa shape index (κ3) is 2.99. The van der Waals surface area contributed by atoms with Crippen LogP contribution in [0.4, 0.5) is 11.6 Å².